The Labute approximate surface area is 132 Å². The average Bonchev–Trinajstić information content (AvgIpc) is 2.52. The Morgan fingerprint density at radius 3 is 2.43 bits per heavy atom. The Balaban J connectivity index is 2.23. The van der Waals surface area contributed by atoms with Crippen LogP contribution in [0.15, 0.2) is 67.3 Å². The van der Waals surface area contributed by atoms with Crippen LogP contribution >= 0.6 is 12.2 Å². The molecule has 0 aliphatic heterocycles. The highest BCUT2D eigenvalue weighted by atomic mass is 32.1. The molecule has 0 unspecified atom stereocenters. The van der Waals surface area contributed by atoms with Gasteiger partial charge in [0.2, 0.25) is 0 Å². The molecule has 0 radical (unpaired) electrons. The average molecular weight is 296 g/mol. The van der Waals surface area contributed by atoms with Crippen molar-refractivity contribution < 1.29 is 0 Å². The van der Waals surface area contributed by atoms with Crippen molar-refractivity contribution in [3.8, 4) is 0 Å². The molecule has 108 valence electrons. The summed E-state index contributed by atoms with van der Waals surface area (Å²) < 4.78 is 0. The van der Waals surface area contributed by atoms with Crippen molar-refractivity contribution in [2.24, 2.45) is 0 Å². The van der Waals surface area contributed by atoms with Crippen LogP contribution in [0.4, 0.5) is 5.69 Å². The minimum absolute atomic E-state index is 0.663. The molecule has 0 atom stereocenters. The molecule has 0 aliphatic carbocycles. The first-order chi connectivity index (χ1) is 10.2. The summed E-state index contributed by atoms with van der Waals surface area (Å²) in [6, 6.07) is 18.7. The predicted octanol–water partition coefficient (Wildman–Crippen LogP) is 4.06. The molecule has 2 rings (SSSR count). The van der Waals surface area contributed by atoms with Gasteiger partial charge in [0.1, 0.15) is 0 Å². The SMILES string of the molecule is C=CCNC(=S)N(Cc1ccccc1)c1ccc(C)cc1. The lowest BCUT2D eigenvalue weighted by atomic mass is 10.2. The van der Waals surface area contributed by atoms with Gasteiger partial charge >= 0.3 is 0 Å². The van der Waals surface area contributed by atoms with Crippen molar-refractivity contribution in [1.82, 2.24) is 5.32 Å². The first-order valence-electron chi connectivity index (χ1n) is 6.97. The van der Waals surface area contributed by atoms with E-state index in [2.05, 4.69) is 60.1 Å². The summed E-state index contributed by atoms with van der Waals surface area (Å²) in [7, 11) is 0. The highest BCUT2D eigenvalue weighted by Crippen LogP contribution is 2.18. The van der Waals surface area contributed by atoms with Gasteiger partial charge in [0.25, 0.3) is 0 Å². The van der Waals surface area contributed by atoms with Crippen LogP contribution in [0.1, 0.15) is 11.1 Å². The van der Waals surface area contributed by atoms with Gasteiger partial charge in [-0.25, -0.2) is 0 Å². The normalized spacial score (nSPS) is 9.95. The quantitative estimate of drug-likeness (QED) is 0.661. The van der Waals surface area contributed by atoms with Crippen molar-refractivity contribution in [2.45, 2.75) is 13.5 Å². The van der Waals surface area contributed by atoms with Crippen LogP contribution in [-0.4, -0.2) is 11.7 Å². The van der Waals surface area contributed by atoms with Gasteiger partial charge in [-0.15, -0.1) is 6.58 Å². The topological polar surface area (TPSA) is 15.3 Å². The standard InChI is InChI=1S/C18H20N2S/c1-3-13-19-18(21)20(14-16-7-5-4-6-8-16)17-11-9-15(2)10-12-17/h3-12H,1,13-14H2,2H3,(H,19,21). The van der Waals surface area contributed by atoms with Crippen LogP contribution in [0, 0.1) is 6.92 Å². The van der Waals surface area contributed by atoms with E-state index in [0.717, 1.165) is 12.2 Å². The van der Waals surface area contributed by atoms with Gasteiger partial charge in [-0.2, -0.15) is 0 Å². The van der Waals surface area contributed by atoms with Crippen LogP contribution < -0.4 is 10.2 Å². The lowest BCUT2D eigenvalue weighted by molar-refractivity contribution is 0.944. The molecule has 2 aromatic rings. The number of anilines is 1. The third-order valence-electron chi connectivity index (χ3n) is 3.17. The van der Waals surface area contributed by atoms with E-state index in [1.807, 2.05) is 24.3 Å². The Kier molecular flexibility index (Phi) is 5.52. The van der Waals surface area contributed by atoms with E-state index in [1.54, 1.807) is 0 Å². The van der Waals surface area contributed by atoms with Gasteiger partial charge in [0, 0.05) is 12.2 Å². The zero-order valence-electron chi connectivity index (χ0n) is 12.3. The van der Waals surface area contributed by atoms with Gasteiger partial charge in [0.15, 0.2) is 5.11 Å². The first kappa shape index (κ1) is 15.3. The second-order valence-electron chi connectivity index (χ2n) is 4.88. The van der Waals surface area contributed by atoms with E-state index in [0.29, 0.717) is 11.7 Å². The van der Waals surface area contributed by atoms with Gasteiger partial charge < -0.3 is 10.2 Å². The maximum Gasteiger partial charge on any atom is 0.174 e. The van der Waals surface area contributed by atoms with E-state index < -0.39 is 0 Å². The van der Waals surface area contributed by atoms with E-state index in [4.69, 9.17) is 12.2 Å². The van der Waals surface area contributed by atoms with E-state index in [1.165, 1.54) is 11.1 Å². The molecule has 0 saturated carbocycles. The molecule has 0 heterocycles. The van der Waals surface area contributed by atoms with Crippen LogP contribution in [0.2, 0.25) is 0 Å². The minimum atomic E-state index is 0.663. The van der Waals surface area contributed by atoms with E-state index in [-0.39, 0.29) is 0 Å². The molecule has 1 N–H and O–H groups in total. The molecule has 3 heteroatoms. The van der Waals surface area contributed by atoms with Crippen LogP contribution in [0.25, 0.3) is 0 Å². The summed E-state index contributed by atoms with van der Waals surface area (Å²) in [6.45, 7) is 7.21. The Hall–Kier alpha value is -2.13. The molecule has 0 bridgehead atoms. The second-order valence-corrected chi connectivity index (χ2v) is 5.27. The lowest BCUT2D eigenvalue weighted by Crippen LogP contribution is -2.39. The fourth-order valence-corrected chi connectivity index (χ4v) is 2.28. The molecule has 0 saturated heterocycles. The highest BCUT2D eigenvalue weighted by molar-refractivity contribution is 7.80. The van der Waals surface area contributed by atoms with Crippen molar-refractivity contribution in [3.63, 3.8) is 0 Å². The van der Waals surface area contributed by atoms with E-state index >= 15 is 0 Å². The maximum atomic E-state index is 5.52. The summed E-state index contributed by atoms with van der Waals surface area (Å²) in [6.07, 6.45) is 1.81. The molecular weight excluding hydrogens is 276 g/mol. The zero-order chi connectivity index (χ0) is 15.1. The summed E-state index contributed by atoms with van der Waals surface area (Å²) >= 11 is 5.52. The van der Waals surface area contributed by atoms with Gasteiger partial charge in [-0.1, -0.05) is 54.1 Å². The Morgan fingerprint density at radius 2 is 1.81 bits per heavy atom. The molecule has 0 spiro atoms. The predicted molar refractivity (Wildman–Crippen MR) is 94.6 cm³/mol. The van der Waals surface area contributed by atoms with Gasteiger partial charge in [0.05, 0.1) is 6.54 Å². The fourth-order valence-electron chi connectivity index (χ4n) is 2.03. The van der Waals surface area contributed by atoms with Crippen molar-refractivity contribution in [1.29, 1.82) is 0 Å². The first-order valence-corrected chi connectivity index (χ1v) is 7.38. The summed E-state index contributed by atoms with van der Waals surface area (Å²) in [5, 5.41) is 3.92. The molecule has 0 aliphatic rings. The molecule has 0 aromatic heterocycles. The molecular formula is C18H20N2S. The third-order valence-corrected chi connectivity index (χ3v) is 3.54. The third kappa shape index (κ3) is 4.43. The van der Waals surface area contributed by atoms with Crippen molar-refractivity contribution in [2.75, 3.05) is 11.4 Å². The summed E-state index contributed by atoms with van der Waals surface area (Å²) in [5.74, 6) is 0. The largest absolute Gasteiger partial charge is 0.359 e. The zero-order valence-corrected chi connectivity index (χ0v) is 13.1. The van der Waals surface area contributed by atoms with Crippen LogP contribution in [0.5, 0.6) is 0 Å². The number of aryl methyl sites for hydroxylation is 1. The number of hydrogen-bond donors (Lipinski definition) is 1. The van der Waals surface area contributed by atoms with E-state index in [9.17, 15) is 0 Å². The van der Waals surface area contributed by atoms with Crippen molar-refractivity contribution in [3.05, 3.63) is 78.4 Å². The summed E-state index contributed by atoms with van der Waals surface area (Å²) in [4.78, 5) is 2.10. The fraction of sp³-hybridized carbons (Fsp3) is 0.167. The number of benzene rings is 2. The van der Waals surface area contributed by atoms with Crippen molar-refractivity contribution >= 4 is 23.0 Å². The number of nitrogens with zero attached hydrogens (tertiary/aromatic N) is 1. The number of thiocarbonyl (C=S) groups is 1. The molecule has 2 nitrogen and oxygen atoms in total. The lowest BCUT2D eigenvalue weighted by Gasteiger charge is -2.26. The maximum absolute atomic E-state index is 5.52. The second kappa shape index (κ2) is 7.60. The molecule has 0 amide bonds. The van der Waals surface area contributed by atoms with Gasteiger partial charge in [-0.05, 0) is 36.8 Å². The molecule has 21 heavy (non-hydrogen) atoms. The highest BCUT2D eigenvalue weighted by Gasteiger charge is 2.12. The molecule has 2 aromatic carbocycles. The smallest absolute Gasteiger partial charge is 0.174 e. The van der Waals surface area contributed by atoms with Crippen LogP contribution in [-0.2, 0) is 6.54 Å². The Morgan fingerprint density at radius 1 is 1.14 bits per heavy atom. The molecule has 0 fully saturated rings. The number of rotatable bonds is 5. The van der Waals surface area contributed by atoms with Gasteiger partial charge in [-0.3, -0.25) is 0 Å². The Bertz CT molecular complexity index is 590. The number of hydrogen-bond acceptors (Lipinski definition) is 1. The summed E-state index contributed by atoms with van der Waals surface area (Å²) in [5.41, 5.74) is 3.55. The monoisotopic (exact) mass is 296 g/mol. The minimum Gasteiger partial charge on any atom is -0.359 e. The number of nitrogens with one attached hydrogen (secondary N) is 1. The van der Waals surface area contributed by atoms with Crippen LogP contribution in [0.3, 0.4) is 0 Å².